The van der Waals surface area contributed by atoms with E-state index in [1.165, 1.54) is 24.0 Å². The highest BCUT2D eigenvalue weighted by atomic mass is 16.4. The van der Waals surface area contributed by atoms with Gasteiger partial charge < -0.3 is 9.73 Å². The zero-order valence-electron chi connectivity index (χ0n) is 12.1. The van der Waals surface area contributed by atoms with E-state index in [-0.39, 0.29) is 18.3 Å². The number of amides is 1. The van der Waals surface area contributed by atoms with Gasteiger partial charge in [0, 0.05) is 30.1 Å². The number of anilines is 1. The summed E-state index contributed by atoms with van der Waals surface area (Å²) in [7, 11) is 0. The molecule has 0 aliphatic carbocycles. The van der Waals surface area contributed by atoms with Crippen LogP contribution in [0.15, 0.2) is 39.8 Å². The van der Waals surface area contributed by atoms with Crippen molar-refractivity contribution in [3.05, 3.63) is 52.4 Å². The van der Waals surface area contributed by atoms with Gasteiger partial charge in [-0.15, -0.1) is 5.10 Å². The van der Waals surface area contributed by atoms with Crippen LogP contribution in [0.25, 0.3) is 11.0 Å². The number of hydrogen-bond donors (Lipinski definition) is 1. The SMILES string of the molecule is CC(=O)Nc1ccc2c(Cn3cnc(C#N)n3)cc(=O)oc2c1. The number of nitrogens with one attached hydrogen (secondary N) is 1. The van der Waals surface area contributed by atoms with E-state index in [2.05, 4.69) is 15.4 Å². The van der Waals surface area contributed by atoms with Gasteiger partial charge in [0.1, 0.15) is 18.0 Å². The van der Waals surface area contributed by atoms with Gasteiger partial charge in [0.15, 0.2) is 0 Å². The van der Waals surface area contributed by atoms with Gasteiger partial charge in [-0.3, -0.25) is 4.79 Å². The Bertz CT molecular complexity index is 996. The van der Waals surface area contributed by atoms with Crippen LogP contribution in [0.4, 0.5) is 5.69 Å². The second-order valence-electron chi connectivity index (χ2n) is 4.86. The third kappa shape index (κ3) is 3.08. The van der Waals surface area contributed by atoms with Gasteiger partial charge >= 0.3 is 5.63 Å². The molecule has 0 fully saturated rings. The Morgan fingerprint density at radius 3 is 2.96 bits per heavy atom. The molecule has 114 valence electrons. The average Bonchev–Trinajstić information content (AvgIpc) is 2.93. The minimum atomic E-state index is -0.506. The van der Waals surface area contributed by atoms with Crippen molar-refractivity contribution in [2.24, 2.45) is 0 Å². The van der Waals surface area contributed by atoms with Gasteiger partial charge in [-0.05, 0) is 17.7 Å². The number of hydrogen-bond acceptors (Lipinski definition) is 6. The molecule has 8 heteroatoms. The van der Waals surface area contributed by atoms with E-state index >= 15 is 0 Å². The molecule has 0 saturated heterocycles. The molecule has 0 spiro atoms. The van der Waals surface area contributed by atoms with Crippen LogP contribution in [-0.2, 0) is 11.3 Å². The van der Waals surface area contributed by atoms with Crippen molar-refractivity contribution in [1.82, 2.24) is 14.8 Å². The lowest BCUT2D eigenvalue weighted by atomic mass is 10.1. The fourth-order valence-electron chi connectivity index (χ4n) is 2.24. The maximum atomic E-state index is 11.7. The third-order valence-corrected chi connectivity index (χ3v) is 3.12. The summed E-state index contributed by atoms with van der Waals surface area (Å²) in [5, 5.41) is 16.1. The molecule has 3 rings (SSSR count). The monoisotopic (exact) mass is 309 g/mol. The van der Waals surface area contributed by atoms with Crippen LogP contribution in [0.3, 0.4) is 0 Å². The summed E-state index contributed by atoms with van der Waals surface area (Å²) >= 11 is 0. The molecule has 3 aromatic rings. The maximum absolute atomic E-state index is 11.7. The third-order valence-electron chi connectivity index (χ3n) is 3.12. The Balaban J connectivity index is 2.04. The van der Waals surface area contributed by atoms with E-state index < -0.39 is 5.63 Å². The second-order valence-corrected chi connectivity index (χ2v) is 4.86. The van der Waals surface area contributed by atoms with Crippen molar-refractivity contribution in [2.75, 3.05) is 5.32 Å². The largest absolute Gasteiger partial charge is 0.423 e. The van der Waals surface area contributed by atoms with Gasteiger partial charge in [-0.25, -0.2) is 14.5 Å². The van der Waals surface area contributed by atoms with Crippen molar-refractivity contribution >= 4 is 22.6 Å². The van der Waals surface area contributed by atoms with E-state index in [4.69, 9.17) is 9.68 Å². The molecule has 0 saturated carbocycles. The highest BCUT2D eigenvalue weighted by molar-refractivity contribution is 5.92. The first-order valence-corrected chi connectivity index (χ1v) is 6.69. The first kappa shape index (κ1) is 14.5. The summed E-state index contributed by atoms with van der Waals surface area (Å²) in [6, 6.07) is 8.27. The van der Waals surface area contributed by atoms with Gasteiger partial charge in [0.25, 0.3) is 5.82 Å². The van der Waals surface area contributed by atoms with Crippen LogP contribution >= 0.6 is 0 Å². The van der Waals surface area contributed by atoms with Gasteiger partial charge in [-0.1, -0.05) is 0 Å². The lowest BCUT2D eigenvalue weighted by molar-refractivity contribution is -0.114. The smallest absolute Gasteiger partial charge is 0.336 e. The number of nitrogens with zero attached hydrogens (tertiary/aromatic N) is 4. The van der Waals surface area contributed by atoms with Crippen LogP contribution in [0.1, 0.15) is 18.3 Å². The van der Waals surface area contributed by atoms with E-state index in [1.807, 2.05) is 6.07 Å². The zero-order valence-corrected chi connectivity index (χ0v) is 12.1. The van der Waals surface area contributed by atoms with E-state index in [9.17, 15) is 9.59 Å². The molecular formula is C15H11N5O3. The molecular weight excluding hydrogens is 298 g/mol. The minimum Gasteiger partial charge on any atom is -0.423 e. The van der Waals surface area contributed by atoms with Crippen LogP contribution in [0.2, 0.25) is 0 Å². The maximum Gasteiger partial charge on any atom is 0.336 e. The number of fused-ring (bicyclic) bond motifs is 1. The normalized spacial score (nSPS) is 10.4. The van der Waals surface area contributed by atoms with Crippen LogP contribution in [0, 0.1) is 11.3 Å². The van der Waals surface area contributed by atoms with Crippen molar-refractivity contribution in [2.45, 2.75) is 13.5 Å². The van der Waals surface area contributed by atoms with Gasteiger partial charge in [0.2, 0.25) is 5.91 Å². The quantitative estimate of drug-likeness (QED) is 0.729. The molecule has 8 nitrogen and oxygen atoms in total. The van der Waals surface area contributed by atoms with E-state index in [1.54, 1.807) is 18.2 Å². The number of benzene rings is 1. The van der Waals surface area contributed by atoms with Crippen molar-refractivity contribution < 1.29 is 9.21 Å². The number of carbonyl (C=O) groups excluding carboxylic acids is 1. The van der Waals surface area contributed by atoms with E-state index in [0.717, 1.165) is 0 Å². The zero-order chi connectivity index (χ0) is 16.4. The molecule has 0 aliphatic rings. The van der Waals surface area contributed by atoms with Crippen LogP contribution < -0.4 is 10.9 Å². The summed E-state index contributed by atoms with van der Waals surface area (Å²) in [5.74, 6) is -0.153. The first-order valence-electron chi connectivity index (χ1n) is 6.69. The molecule has 23 heavy (non-hydrogen) atoms. The number of aromatic nitrogens is 3. The summed E-state index contributed by atoms with van der Waals surface area (Å²) < 4.78 is 6.65. The Kier molecular flexibility index (Phi) is 3.60. The molecule has 2 aromatic heterocycles. The molecule has 1 aromatic carbocycles. The second kappa shape index (κ2) is 5.73. The predicted molar refractivity (Wildman–Crippen MR) is 80.6 cm³/mol. The topological polar surface area (TPSA) is 114 Å². The van der Waals surface area contributed by atoms with Crippen molar-refractivity contribution in [3.63, 3.8) is 0 Å². The number of rotatable bonds is 3. The van der Waals surface area contributed by atoms with Crippen molar-refractivity contribution in [3.8, 4) is 6.07 Å². The van der Waals surface area contributed by atoms with Gasteiger partial charge in [-0.2, -0.15) is 5.26 Å². The highest BCUT2D eigenvalue weighted by Gasteiger charge is 2.09. The van der Waals surface area contributed by atoms with Crippen LogP contribution in [0.5, 0.6) is 0 Å². The molecule has 0 unspecified atom stereocenters. The summed E-state index contributed by atoms with van der Waals surface area (Å²) in [4.78, 5) is 26.7. The fraction of sp³-hybridized carbons (Fsp3) is 0.133. The fourth-order valence-corrected chi connectivity index (χ4v) is 2.24. The standard InChI is InChI=1S/C15H11N5O3/c1-9(21)18-11-2-3-12-10(4-15(22)23-13(12)5-11)7-20-8-17-14(6-16)19-20/h2-5,8H,7H2,1H3,(H,18,21). The predicted octanol–water partition coefficient (Wildman–Crippen LogP) is 1.26. The average molecular weight is 309 g/mol. The summed E-state index contributed by atoms with van der Waals surface area (Å²) in [6.45, 7) is 1.67. The molecule has 1 N–H and O–H groups in total. The number of nitriles is 1. The molecule has 0 atom stereocenters. The Morgan fingerprint density at radius 2 is 2.26 bits per heavy atom. The summed E-state index contributed by atoms with van der Waals surface area (Å²) in [5.41, 5.74) is 1.07. The first-order chi connectivity index (χ1) is 11.0. The molecule has 0 radical (unpaired) electrons. The van der Waals surface area contributed by atoms with Crippen molar-refractivity contribution in [1.29, 1.82) is 5.26 Å². The molecule has 0 bridgehead atoms. The number of carbonyl (C=O) groups is 1. The van der Waals surface area contributed by atoms with Crippen LogP contribution in [-0.4, -0.2) is 20.7 Å². The lowest BCUT2D eigenvalue weighted by Gasteiger charge is -2.07. The highest BCUT2D eigenvalue weighted by Crippen LogP contribution is 2.22. The molecule has 1 amide bonds. The Labute approximate surface area is 130 Å². The van der Waals surface area contributed by atoms with Gasteiger partial charge in [0.05, 0.1) is 6.54 Å². The van der Waals surface area contributed by atoms with E-state index in [0.29, 0.717) is 22.2 Å². The minimum absolute atomic E-state index is 0.0604. The molecule has 2 heterocycles. The lowest BCUT2D eigenvalue weighted by Crippen LogP contribution is -2.08. The molecule has 0 aliphatic heterocycles. The summed E-state index contributed by atoms with van der Waals surface area (Å²) in [6.07, 6.45) is 1.42. The Morgan fingerprint density at radius 1 is 1.43 bits per heavy atom. The Hall–Kier alpha value is -3.47.